The molecule has 0 rings (SSSR count). The molecule has 0 radical (unpaired) electrons. The molecule has 0 amide bonds. The van der Waals surface area contributed by atoms with Crippen molar-refractivity contribution in [3.8, 4) is 0 Å². The summed E-state index contributed by atoms with van der Waals surface area (Å²) in [5, 5.41) is 0.217. The fourth-order valence-corrected chi connectivity index (χ4v) is 5.52. The average molecular weight is 357 g/mol. The average Bonchev–Trinajstić information content (AvgIpc) is 2.46. The minimum Gasteiger partial charge on any atom is -0.374 e. The van der Waals surface area contributed by atoms with Gasteiger partial charge in [-0.25, -0.2) is 0 Å². The number of rotatable bonds is 14. The first-order valence-corrected chi connectivity index (χ1v) is 11.2. The predicted molar refractivity (Wildman–Crippen MR) is 96.6 cm³/mol. The van der Waals surface area contributed by atoms with Gasteiger partial charge >= 0.3 is 8.80 Å². The number of thiol groups is 1. The molecule has 21 heavy (non-hydrogen) atoms. The molecule has 0 saturated carbocycles. The lowest BCUT2D eigenvalue weighted by Gasteiger charge is -2.33. The van der Waals surface area contributed by atoms with Crippen molar-refractivity contribution in [1.82, 2.24) is 0 Å². The van der Waals surface area contributed by atoms with E-state index in [4.69, 9.17) is 24.9 Å². The first kappa shape index (κ1) is 21.7. The van der Waals surface area contributed by atoms with Gasteiger partial charge in [0.25, 0.3) is 0 Å². The summed E-state index contributed by atoms with van der Waals surface area (Å²) in [5.74, 6) is 0.741. The van der Waals surface area contributed by atoms with E-state index in [0.717, 1.165) is 44.0 Å². The van der Waals surface area contributed by atoms with E-state index in [1.165, 1.54) is 0 Å². The SMILES string of the molecule is CCO[Si](CCCCCCCl)(OCC)OC(C)C(S)CC. The third kappa shape index (κ3) is 9.46. The van der Waals surface area contributed by atoms with Crippen LogP contribution in [0, 0.1) is 0 Å². The Kier molecular flexibility index (Phi) is 13.7. The highest BCUT2D eigenvalue weighted by molar-refractivity contribution is 7.81. The highest BCUT2D eigenvalue weighted by Gasteiger charge is 2.42. The summed E-state index contributed by atoms with van der Waals surface area (Å²) in [6.07, 6.45) is 5.47. The Morgan fingerprint density at radius 2 is 1.57 bits per heavy atom. The normalized spacial score (nSPS) is 15.1. The molecule has 2 unspecified atom stereocenters. The minimum absolute atomic E-state index is 0.0472. The number of unbranched alkanes of at least 4 members (excludes halogenated alkanes) is 3. The van der Waals surface area contributed by atoms with Crippen molar-refractivity contribution in [2.45, 2.75) is 77.2 Å². The van der Waals surface area contributed by atoms with Crippen molar-refractivity contribution in [3.05, 3.63) is 0 Å². The van der Waals surface area contributed by atoms with E-state index in [2.05, 4.69) is 26.5 Å². The topological polar surface area (TPSA) is 27.7 Å². The fourth-order valence-electron chi connectivity index (χ4n) is 2.24. The van der Waals surface area contributed by atoms with Gasteiger partial charge in [0, 0.05) is 30.4 Å². The third-order valence-electron chi connectivity index (χ3n) is 3.42. The smallest absolute Gasteiger partial charge is 0.374 e. The van der Waals surface area contributed by atoms with E-state index in [9.17, 15) is 0 Å². The number of halogens is 1. The van der Waals surface area contributed by atoms with Crippen LogP contribution in [0.4, 0.5) is 0 Å². The Hall–Kier alpha value is 0.737. The summed E-state index contributed by atoms with van der Waals surface area (Å²) in [5.41, 5.74) is 0. The molecule has 3 nitrogen and oxygen atoms in total. The number of hydrogen-bond donors (Lipinski definition) is 1. The van der Waals surface area contributed by atoms with Crippen LogP contribution in [-0.4, -0.2) is 39.3 Å². The van der Waals surface area contributed by atoms with Crippen molar-refractivity contribution in [3.63, 3.8) is 0 Å². The van der Waals surface area contributed by atoms with Crippen LogP contribution in [0.25, 0.3) is 0 Å². The number of alkyl halides is 1. The quantitative estimate of drug-likeness (QED) is 0.207. The van der Waals surface area contributed by atoms with Crippen molar-refractivity contribution < 1.29 is 13.3 Å². The van der Waals surface area contributed by atoms with Crippen molar-refractivity contribution >= 4 is 33.0 Å². The van der Waals surface area contributed by atoms with E-state index >= 15 is 0 Å². The summed E-state index contributed by atoms with van der Waals surface area (Å²) < 4.78 is 18.2. The molecule has 0 aliphatic heterocycles. The monoisotopic (exact) mass is 356 g/mol. The maximum absolute atomic E-state index is 6.27. The zero-order valence-corrected chi connectivity index (χ0v) is 16.7. The maximum atomic E-state index is 6.27. The zero-order chi connectivity index (χ0) is 16.1. The molecule has 0 N–H and O–H groups in total. The minimum atomic E-state index is -2.58. The van der Waals surface area contributed by atoms with Crippen LogP contribution < -0.4 is 0 Å². The maximum Gasteiger partial charge on any atom is 0.501 e. The van der Waals surface area contributed by atoms with Gasteiger partial charge in [-0.2, -0.15) is 12.6 Å². The lowest BCUT2D eigenvalue weighted by Crippen LogP contribution is -2.49. The second-order valence-corrected chi connectivity index (χ2v) is 8.92. The number of hydrogen-bond acceptors (Lipinski definition) is 4. The van der Waals surface area contributed by atoms with Crippen LogP contribution in [0.15, 0.2) is 0 Å². The molecule has 0 aliphatic rings. The van der Waals surface area contributed by atoms with Gasteiger partial charge < -0.3 is 13.3 Å². The molecule has 0 aromatic rings. The molecule has 6 heteroatoms. The van der Waals surface area contributed by atoms with Gasteiger partial charge in [-0.15, -0.1) is 11.6 Å². The van der Waals surface area contributed by atoms with Gasteiger partial charge in [-0.05, 0) is 40.0 Å². The van der Waals surface area contributed by atoms with E-state index in [-0.39, 0.29) is 11.4 Å². The van der Waals surface area contributed by atoms with Gasteiger partial charge in [0.15, 0.2) is 0 Å². The highest BCUT2D eigenvalue weighted by atomic mass is 35.5. The van der Waals surface area contributed by atoms with Crippen LogP contribution in [0.5, 0.6) is 0 Å². The summed E-state index contributed by atoms with van der Waals surface area (Å²) >= 11 is 10.3. The standard InChI is InChI=1S/C15H33ClO3SSi/c1-5-15(20)14(4)19-21(17-6-2,18-7-3)13-11-9-8-10-12-16/h14-15,20H,5-13H2,1-4H3. The van der Waals surface area contributed by atoms with Gasteiger partial charge in [0.1, 0.15) is 0 Å². The molecule has 0 bridgehead atoms. The first-order valence-electron chi connectivity index (χ1n) is 8.24. The lowest BCUT2D eigenvalue weighted by molar-refractivity contribution is 0.0370. The van der Waals surface area contributed by atoms with Crippen molar-refractivity contribution in [2.75, 3.05) is 19.1 Å². The third-order valence-corrected chi connectivity index (χ3v) is 7.63. The molecule has 0 fully saturated rings. The van der Waals surface area contributed by atoms with Crippen molar-refractivity contribution in [1.29, 1.82) is 0 Å². The molecule has 0 spiro atoms. The molecule has 0 aromatic heterocycles. The Labute approximate surface area is 142 Å². The van der Waals surface area contributed by atoms with Crippen molar-refractivity contribution in [2.24, 2.45) is 0 Å². The van der Waals surface area contributed by atoms with Crippen LogP contribution in [-0.2, 0) is 13.3 Å². The molecule has 128 valence electrons. The fraction of sp³-hybridized carbons (Fsp3) is 1.00. The van der Waals surface area contributed by atoms with Crippen LogP contribution in [0.2, 0.25) is 6.04 Å². The second-order valence-electron chi connectivity index (χ2n) is 5.20. The van der Waals surface area contributed by atoms with Gasteiger partial charge in [-0.3, -0.25) is 0 Å². The largest absolute Gasteiger partial charge is 0.501 e. The van der Waals surface area contributed by atoms with E-state index in [1.807, 2.05) is 13.8 Å². The molecule has 2 atom stereocenters. The Morgan fingerprint density at radius 1 is 1.00 bits per heavy atom. The van der Waals surface area contributed by atoms with Gasteiger partial charge in [-0.1, -0.05) is 19.8 Å². The molecular weight excluding hydrogens is 324 g/mol. The molecule has 0 aliphatic carbocycles. The molecule has 0 saturated heterocycles. The van der Waals surface area contributed by atoms with E-state index in [0.29, 0.717) is 13.2 Å². The Balaban J connectivity index is 4.57. The first-order chi connectivity index (χ1) is 10.0. The summed E-state index contributed by atoms with van der Waals surface area (Å²) in [6.45, 7) is 9.44. The van der Waals surface area contributed by atoms with Gasteiger partial charge in [0.05, 0.1) is 6.10 Å². The Morgan fingerprint density at radius 3 is 2.05 bits per heavy atom. The summed E-state index contributed by atoms with van der Waals surface area (Å²) in [4.78, 5) is 0. The van der Waals surface area contributed by atoms with Crippen LogP contribution in [0.3, 0.4) is 0 Å². The van der Waals surface area contributed by atoms with E-state index < -0.39 is 8.80 Å². The zero-order valence-electron chi connectivity index (χ0n) is 14.1. The van der Waals surface area contributed by atoms with Crippen LogP contribution >= 0.6 is 24.2 Å². The summed E-state index contributed by atoms with van der Waals surface area (Å²) in [7, 11) is -2.58. The van der Waals surface area contributed by atoms with Gasteiger partial charge in [0.2, 0.25) is 0 Å². The lowest BCUT2D eigenvalue weighted by atomic mass is 10.2. The predicted octanol–water partition coefficient (Wildman–Crippen LogP) is 4.91. The molecule has 0 heterocycles. The molecular formula is C15H33ClO3SSi. The summed E-state index contributed by atoms with van der Waals surface area (Å²) in [6, 6.07) is 0.880. The molecule has 0 aromatic carbocycles. The Bertz CT molecular complexity index is 241. The van der Waals surface area contributed by atoms with Crippen LogP contribution in [0.1, 0.15) is 59.8 Å². The second kappa shape index (κ2) is 13.2. The van der Waals surface area contributed by atoms with E-state index in [1.54, 1.807) is 0 Å². The highest BCUT2D eigenvalue weighted by Crippen LogP contribution is 2.24.